The van der Waals surface area contributed by atoms with Crippen LogP contribution in [-0.4, -0.2) is 35.1 Å². The van der Waals surface area contributed by atoms with Crippen molar-refractivity contribution in [2.75, 3.05) is 26.1 Å². The van der Waals surface area contributed by atoms with E-state index in [1.54, 1.807) is 14.2 Å². The van der Waals surface area contributed by atoms with E-state index >= 15 is 0 Å². The largest absolute Gasteiger partial charge is 0.493 e. The van der Waals surface area contributed by atoms with Gasteiger partial charge in [0.2, 0.25) is 0 Å². The third kappa shape index (κ3) is 3.11. The second-order valence-electron chi connectivity index (χ2n) is 7.10. The fourth-order valence-corrected chi connectivity index (χ4v) is 3.30. The Balaban J connectivity index is 1.95. The highest BCUT2D eigenvalue weighted by molar-refractivity contribution is 5.86. The molecule has 4 rings (SSSR count). The Hall–Kier alpha value is -3.28. The molecule has 0 bridgehead atoms. The van der Waals surface area contributed by atoms with Crippen molar-refractivity contribution in [2.45, 2.75) is 13.8 Å². The second kappa shape index (κ2) is 7.38. The van der Waals surface area contributed by atoms with Crippen LogP contribution in [0.3, 0.4) is 0 Å². The fourth-order valence-electron chi connectivity index (χ4n) is 3.30. The number of para-hydroxylation sites is 2. The third-order valence-corrected chi connectivity index (χ3v) is 4.69. The molecular weight excluding hydrogens is 352 g/mol. The Bertz CT molecular complexity index is 1130. The van der Waals surface area contributed by atoms with Gasteiger partial charge < -0.3 is 14.8 Å². The average molecular weight is 376 g/mol. The monoisotopic (exact) mass is 376 g/mol. The van der Waals surface area contributed by atoms with E-state index in [2.05, 4.69) is 34.6 Å². The highest BCUT2D eigenvalue weighted by atomic mass is 16.5. The number of ether oxygens (including phenoxy) is 2. The molecule has 6 heteroatoms. The van der Waals surface area contributed by atoms with E-state index < -0.39 is 0 Å². The third-order valence-electron chi connectivity index (χ3n) is 4.69. The van der Waals surface area contributed by atoms with Crippen LogP contribution in [0.5, 0.6) is 11.5 Å². The number of fused-ring (bicyclic) bond motifs is 3. The minimum atomic E-state index is 0.508. The summed E-state index contributed by atoms with van der Waals surface area (Å²) in [5, 5.41) is 3.45. The molecular formula is C22H24N4O2. The van der Waals surface area contributed by atoms with Crippen LogP contribution in [0.4, 0.5) is 5.82 Å². The summed E-state index contributed by atoms with van der Waals surface area (Å²) in [7, 11) is 3.28. The lowest BCUT2D eigenvalue weighted by atomic mass is 10.1. The standard InChI is InChI=1S/C22H24N4O2/c1-14(2)12-23-21-22-24-13-18(15-9-10-19(27-3)20(11-15)28-4)26(22)17-8-6-5-7-16(17)25-21/h5-11,13-14H,12H2,1-4H3,(H,23,25). The van der Waals surface area contributed by atoms with E-state index in [9.17, 15) is 0 Å². The van der Waals surface area contributed by atoms with Crippen LogP contribution in [0, 0.1) is 5.92 Å². The molecule has 0 amide bonds. The summed E-state index contributed by atoms with van der Waals surface area (Å²) in [6.45, 7) is 5.18. The Morgan fingerprint density at radius 3 is 2.57 bits per heavy atom. The summed E-state index contributed by atoms with van der Waals surface area (Å²) < 4.78 is 13.0. The van der Waals surface area contributed by atoms with Gasteiger partial charge in [0.25, 0.3) is 0 Å². The maximum Gasteiger partial charge on any atom is 0.181 e. The molecule has 0 saturated heterocycles. The first-order valence-corrected chi connectivity index (χ1v) is 9.35. The Kier molecular flexibility index (Phi) is 4.77. The van der Waals surface area contributed by atoms with Crippen LogP contribution in [0.1, 0.15) is 13.8 Å². The van der Waals surface area contributed by atoms with E-state index in [1.165, 1.54) is 0 Å². The van der Waals surface area contributed by atoms with Gasteiger partial charge in [0.1, 0.15) is 0 Å². The molecule has 1 N–H and O–H groups in total. The number of methoxy groups -OCH3 is 2. The summed E-state index contributed by atoms with van der Waals surface area (Å²) in [5.41, 5.74) is 4.71. The molecule has 4 aromatic rings. The quantitative estimate of drug-likeness (QED) is 0.531. The summed E-state index contributed by atoms with van der Waals surface area (Å²) in [4.78, 5) is 9.49. The molecule has 0 saturated carbocycles. The molecule has 0 aliphatic carbocycles. The lowest BCUT2D eigenvalue weighted by Gasteiger charge is -2.13. The van der Waals surface area contributed by atoms with Crippen molar-refractivity contribution in [3.8, 4) is 22.8 Å². The lowest BCUT2D eigenvalue weighted by Crippen LogP contribution is -2.11. The zero-order valence-electron chi connectivity index (χ0n) is 16.6. The molecule has 0 fully saturated rings. The molecule has 0 atom stereocenters. The van der Waals surface area contributed by atoms with E-state index in [1.807, 2.05) is 42.6 Å². The Morgan fingerprint density at radius 1 is 1.04 bits per heavy atom. The molecule has 0 aliphatic rings. The number of rotatable bonds is 6. The van der Waals surface area contributed by atoms with E-state index in [0.717, 1.165) is 40.3 Å². The van der Waals surface area contributed by atoms with Gasteiger partial charge in [-0.05, 0) is 36.2 Å². The van der Waals surface area contributed by atoms with Crippen molar-refractivity contribution < 1.29 is 9.47 Å². The van der Waals surface area contributed by atoms with E-state index in [4.69, 9.17) is 14.5 Å². The number of nitrogens with zero attached hydrogens (tertiary/aromatic N) is 3. The van der Waals surface area contributed by atoms with Crippen LogP contribution in [-0.2, 0) is 0 Å². The molecule has 6 nitrogen and oxygen atoms in total. The summed E-state index contributed by atoms with van der Waals surface area (Å²) in [6.07, 6.45) is 1.88. The van der Waals surface area contributed by atoms with Crippen molar-refractivity contribution in [2.24, 2.45) is 5.92 Å². The SMILES string of the molecule is COc1ccc(-c2cnc3c(NCC(C)C)nc4ccccc4n23)cc1OC. The first-order chi connectivity index (χ1) is 13.6. The lowest BCUT2D eigenvalue weighted by molar-refractivity contribution is 0.355. The first kappa shape index (κ1) is 18.1. The smallest absolute Gasteiger partial charge is 0.181 e. The van der Waals surface area contributed by atoms with Crippen LogP contribution < -0.4 is 14.8 Å². The van der Waals surface area contributed by atoms with E-state index in [0.29, 0.717) is 17.4 Å². The van der Waals surface area contributed by atoms with Gasteiger partial charge in [-0.3, -0.25) is 4.40 Å². The van der Waals surface area contributed by atoms with Gasteiger partial charge >= 0.3 is 0 Å². The molecule has 0 unspecified atom stereocenters. The van der Waals surface area contributed by atoms with Gasteiger partial charge in [-0.2, -0.15) is 0 Å². The second-order valence-corrected chi connectivity index (χ2v) is 7.10. The minimum absolute atomic E-state index is 0.508. The summed E-state index contributed by atoms with van der Waals surface area (Å²) in [6, 6.07) is 14.0. The summed E-state index contributed by atoms with van der Waals surface area (Å²) >= 11 is 0. The zero-order valence-corrected chi connectivity index (χ0v) is 16.6. The molecule has 144 valence electrons. The Labute approximate surface area is 164 Å². The highest BCUT2D eigenvalue weighted by Crippen LogP contribution is 2.34. The van der Waals surface area contributed by atoms with Crippen LogP contribution in [0.2, 0.25) is 0 Å². The number of nitrogens with one attached hydrogen (secondary N) is 1. The van der Waals surface area contributed by atoms with E-state index in [-0.39, 0.29) is 0 Å². The molecule has 2 aromatic carbocycles. The van der Waals surface area contributed by atoms with Crippen molar-refractivity contribution in [1.29, 1.82) is 0 Å². The van der Waals surface area contributed by atoms with Crippen LogP contribution >= 0.6 is 0 Å². The predicted molar refractivity (Wildman–Crippen MR) is 112 cm³/mol. The van der Waals surface area contributed by atoms with Gasteiger partial charge in [-0.1, -0.05) is 26.0 Å². The summed E-state index contributed by atoms with van der Waals surface area (Å²) in [5.74, 6) is 2.69. The zero-order chi connectivity index (χ0) is 19.7. The molecule has 28 heavy (non-hydrogen) atoms. The highest BCUT2D eigenvalue weighted by Gasteiger charge is 2.16. The van der Waals surface area contributed by atoms with Gasteiger partial charge in [0.05, 0.1) is 37.1 Å². The number of benzene rings is 2. The molecule has 2 heterocycles. The number of hydrogen-bond acceptors (Lipinski definition) is 5. The first-order valence-electron chi connectivity index (χ1n) is 9.35. The van der Waals surface area contributed by atoms with Gasteiger partial charge in [-0.15, -0.1) is 0 Å². The minimum Gasteiger partial charge on any atom is -0.493 e. The van der Waals surface area contributed by atoms with Gasteiger partial charge in [0.15, 0.2) is 23.0 Å². The number of imidazole rings is 1. The number of hydrogen-bond donors (Lipinski definition) is 1. The fraction of sp³-hybridized carbons (Fsp3) is 0.273. The predicted octanol–water partition coefficient (Wildman–Crippen LogP) is 4.63. The average Bonchev–Trinajstić information content (AvgIpc) is 3.17. The van der Waals surface area contributed by atoms with Gasteiger partial charge in [0, 0.05) is 12.1 Å². The topological polar surface area (TPSA) is 60.7 Å². The molecule has 0 spiro atoms. The van der Waals surface area contributed by atoms with Crippen LogP contribution in [0.25, 0.3) is 27.9 Å². The molecule has 0 radical (unpaired) electrons. The number of aromatic nitrogens is 3. The maximum atomic E-state index is 5.48. The van der Waals surface area contributed by atoms with Crippen LogP contribution in [0.15, 0.2) is 48.7 Å². The number of anilines is 1. The normalized spacial score (nSPS) is 11.3. The Morgan fingerprint density at radius 2 is 1.82 bits per heavy atom. The van der Waals surface area contributed by atoms with Crippen molar-refractivity contribution >= 4 is 22.5 Å². The van der Waals surface area contributed by atoms with Gasteiger partial charge in [-0.25, -0.2) is 9.97 Å². The van der Waals surface area contributed by atoms with Crippen molar-refractivity contribution in [1.82, 2.24) is 14.4 Å². The van der Waals surface area contributed by atoms with Crippen molar-refractivity contribution in [3.63, 3.8) is 0 Å². The maximum absolute atomic E-state index is 5.48. The molecule has 0 aliphatic heterocycles. The van der Waals surface area contributed by atoms with Crippen molar-refractivity contribution in [3.05, 3.63) is 48.7 Å². The molecule has 2 aromatic heterocycles.